The van der Waals surface area contributed by atoms with Gasteiger partial charge in [0.05, 0.1) is 19.5 Å². The molecule has 15 heteroatoms. The molecule has 2 aromatic rings. The number of fused-ring (bicyclic) bond motifs is 1. The van der Waals surface area contributed by atoms with Crippen LogP contribution < -0.4 is 22.5 Å². The zero-order chi connectivity index (χ0) is 24.5. The first-order valence-electron chi connectivity index (χ1n) is 9.28. The highest BCUT2D eigenvalue weighted by Crippen LogP contribution is 2.06. The Kier molecular flexibility index (Phi) is 14.8. The van der Waals surface area contributed by atoms with E-state index in [1.165, 1.54) is 18.5 Å². The van der Waals surface area contributed by atoms with Gasteiger partial charge in [0.15, 0.2) is 5.65 Å². The molecule has 0 saturated carbocycles. The van der Waals surface area contributed by atoms with Gasteiger partial charge >= 0.3 is 5.97 Å². The largest absolute Gasteiger partial charge is 0.480 e. The van der Waals surface area contributed by atoms with Gasteiger partial charge in [-0.05, 0) is 19.4 Å². The first-order valence-corrected chi connectivity index (χ1v) is 9.69. The van der Waals surface area contributed by atoms with E-state index in [0.717, 1.165) is 12.8 Å². The number of aliphatic hydroxyl groups is 2. The Hall–Kier alpha value is -3.24. The van der Waals surface area contributed by atoms with Gasteiger partial charge in [0, 0.05) is 12.2 Å². The number of carbonyl (C=O) groups excluding carboxylic acids is 2. The lowest BCUT2D eigenvalue weighted by molar-refractivity contribution is -0.138. The van der Waals surface area contributed by atoms with Crippen molar-refractivity contribution in [3.8, 4) is 0 Å². The molecule has 32 heavy (non-hydrogen) atoms. The van der Waals surface area contributed by atoms with E-state index in [0.29, 0.717) is 28.8 Å². The maximum absolute atomic E-state index is 10.1. The van der Waals surface area contributed by atoms with Crippen LogP contribution in [0, 0.1) is 4.64 Å². The second-order valence-corrected chi connectivity index (χ2v) is 6.32. The number of aliphatic carboxylic acids is 1. The minimum absolute atomic E-state index is 0.125. The molecule has 1 aliphatic rings. The first kappa shape index (κ1) is 28.8. The van der Waals surface area contributed by atoms with Crippen molar-refractivity contribution < 1.29 is 29.7 Å². The second-order valence-electron chi connectivity index (χ2n) is 5.92. The fourth-order valence-electron chi connectivity index (χ4n) is 1.85. The number of carboxylic acids is 1. The number of imidazole rings is 1. The van der Waals surface area contributed by atoms with Crippen LogP contribution in [0.3, 0.4) is 0 Å². The zero-order valence-corrected chi connectivity index (χ0v) is 18.0. The summed E-state index contributed by atoms with van der Waals surface area (Å²) in [5, 5.41) is 25.6. The summed E-state index contributed by atoms with van der Waals surface area (Å²) in [4.78, 5) is 43.6. The van der Waals surface area contributed by atoms with Crippen molar-refractivity contribution in [3.05, 3.63) is 23.1 Å². The summed E-state index contributed by atoms with van der Waals surface area (Å²) in [6.07, 6.45) is 6.09. The molecule has 1 aliphatic heterocycles. The number of hydrogen-bond acceptors (Lipinski definition) is 11. The summed E-state index contributed by atoms with van der Waals surface area (Å²) < 4.78 is 0.532. The number of hydrogen-bond donors (Lipinski definition) is 9. The van der Waals surface area contributed by atoms with Crippen LogP contribution in [0.15, 0.2) is 18.5 Å². The number of nitrogen functional groups attached to an aromatic ring is 1. The van der Waals surface area contributed by atoms with Crippen molar-refractivity contribution in [1.29, 1.82) is 0 Å². The average molecular weight is 473 g/mol. The number of unbranched alkanes of at least 4 members (excludes halogenated alkanes) is 1. The lowest BCUT2D eigenvalue weighted by Crippen LogP contribution is -2.29. The number of nitrogens with two attached hydrogens (primary N) is 3. The predicted octanol–water partition coefficient (Wildman–Crippen LogP) is -1.71. The van der Waals surface area contributed by atoms with E-state index in [-0.39, 0.29) is 31.0 Å². The second kappa shape index (κ2) is 16.5. The molecular formula is C17H28N8O6S. The molecule has 2 amide bonds. The van der Waals surface area contributed by atoms with Gasteiger partial charge in [0.2, 0.25) is 5.95 Å². The number of amides is 2. The van der Waals surface area contributed by atoms with E-state index in [1.807, 2.05) is 5.32 Å². The number of carboxylic acid groups (broad SMARTS) is 1. The number of anilines is 1. The Morgan fingerprint density at radius 2 is 1.75 bits per heavy atom. The Bertz CT molecular complexity index is 927. The van der Waals surface area contributed by atoms with Gasteiger partial charge in [0.1, 0.15) is 16.2 Å². The van der Waals surface area contributed by atoms with E-state index in [4.69, 9.17) is 44.7 Å². The van der Waals surface area contributed by atoms with Crippen molar-refractivity contribution in [3.63, 3.8) is 0 Å². The van der Waals surface area contributed by atoms with E-state index in [1.54, 1.807) is 0 Å². The fraction of sp³-hybridized carbons (Fsp3) is 0.412. The van der Waals surface area contributed by atoms with Crippen LogP contribution >= 0.6 is 12.2 Å². The third-order valence-electron chi connectivity index (χ3n) is 3.33. The molecule has 14 nitrogen and oxygen atoms in total. The summed E-state index contributed by atoms with van der Waals surface area (Å²) >= 11 is 4.95. The fourth-order valence-corrected chi connectivity index (χ4v) is 2.10. The average Bonchev–Trinajstić information content (AvgIpc) is 3.37. The van der Waals surface area contributed by atoms with Gasteiger partial charge in [-0.3, -0.25) is 19.7 Å². The maximum atomic E-state index is 10.1. The third kappa shape index (κ3) is 12.5. The maximum Gasteiger partial charge on any atom is 0.320 e. The Balaban J connectivity index is 0.000000424. The molecule has 0 saturated heterocycles. The van der Waals surface area contributed by atoms with Gasteiger partial charge in [-0.25, -0.2) is 4.98 Å². The van der Waals surface area contributed by atoms with Gasteiger partial charge < -0.3 is 42.5 Å². The summed E-state index contributed by atoms with van der Waals surface area (Å²) in [6, 6.07) is -0.716. The highest BCUT2D eigenvalue weighted by atomic mass is 32.1. The van der Waals surface area contributed by atoms with Gasteiger partial charge in [0.25, 0.3) is 11.8 Å². The molecule has 0 aromatic carbocycles. The van der Waals surface area contributed by atoms with Gasteiger partial charge in [-0.2, -0.15) is 4.98 Å². The summed E-state index contributed by atoms with van der Waals surface area (Å²) in [7, 11) is 0. The lowest BCUT2D eigenvalue weighted by Gasteiger charge is -2.03. The highest BCUT2D eigenvalue weighted by Gasteiger charge is 2.09. The number of H-pyrrole nitrogens is 2. The van der Waals surface area contributed by atoms with E-state index < -0.39 is 12.0 Å². The molecule has 0 aliphatic carbocycles. The van der Waals surface area contributed by atoms with E-state index >= 15 is 0 Å². The van der Waals surface area contributed by atoms with Crippen molar-refractivity contribution in [1.82, 2.24) is 25.3 Å². The number of rotatable bonds is 6. The molecule has 0 radical (unpaired) electrons. The predicted molar refractivity (Wildman–Crippen MR) is 118 cm³/mol. The van der Waals surface area contributed by atoms with Crippen LogP contribution in [-0.4, -0.2) is 78.8 Å². The van der Waals surface area contributed by atoms with Gasteiger partial charge in [-0.15, -0.1) is 0 Å². The van der Waals surface area contributed by atoms with Crippen LogP contribution in [0.5, 0.6) is 0 Å². The van der Waals surface area contributed by atoms with E-state index in [9.17, 15) is 14.4 Å². The zero-order valence-electron chi connectivity index (χ0n) is 17.2. The number of aromatic nitrogens is 4. The summed E-state index contributed by atoms with van der Waals surface area (Å²) in [6.45, 7) is 0.354. The van der Waals surface area contributed by atoms with Crippen LogP contribution in [0.1, 0.15) is 19.3 Å². The third-order valence-corrected chi connectivity index (χ3v) is 3.64. The monoisotopic (exact) mass is 472 g/mol. The molecule has 12 N–H and O–H groups in total. The molecule has 0 bridgehead atoms. The number of aromatic amines is 2. The molecule has 1 unspecified atom stereocenters. The van der Waals surface area contributed by atoms with Crippen molar-refractivity contribution >= 4 is 47.1 Å². The highest BCUT2D eigenvalue weighted by molar-refractivity contribution is 7.71. The quantitative estimate of drug-likeness (QED) is 0.129. The minimum Gasteiger partial charge on any atom is -0.480 e. The minimum atomic E-state index is -0.933. The number of aliphatic hydroxyl groups excluding tert-OH is 2. The molecular weight excluding hydrogens is 444 g/mol. The molecule has 1 atom stereocenters. The molecule has 3 rings (SSSR count). The smallest absolute Gasteiger partial charge is 0.320 e. The molecule has 3 heterocycles. The van der Waals surface area contributed by atoms with E-state index in [2.05, 4.69) is 19.9 Å². The van der Waals surface area contributed by atoms with Crippen LogP contribution in [0.4, 0.5) is 5.95 Å². The number of nitrogens with one attached hydrogen (secondary N) is 3. The number of nitrogens with zero attached hydrogens (tertiary/aromatic N) is 2. The SMILES string of the molecule is NCCCCC(N)C(=O)O.Nc1nc2nc[nH]c2c(=S)[nH]1.O=C1C=CC(=O)N1.OCCO. The standard InChI is InChI=1S/C6H14N2O2.C5H5N5S.C4H3NO2.C2H6O2/c7-4-2-1-3-5(8)6(9)10;6-5-9-3-2(4(11)10-5)7-1-8-3;6-3-1-2-4(7)5-3;3-1-2-4/h5H,1-4,7-8H2,(H,9,10);1H,(H4,6,7,8,9,10,11);1-2H,(H,5,6,7);3-4H,1-2H2. The van der Waals surface area contributed by atoms with Gasteiger partial charge in [-0.1, -0.05) is 18.6 Å². The number of carbonyl (C=O) groups is 3. The van der Waals surface area contributed by atoms with Crippen LogP contribution in [-0.2, 0) is 14.4 Å². The molecule has 178 valence electrons. The normalized spacial score (nSPS) is 12.5. The summed E-state index contributed by atoms with van der Waals surface area (Å²) in [5.74, 6) is -1.30. The summed E-state index contributed by atoms with van der Waals surface area (Å²) in [5.41, 5.74) is 17.1. The molecule has 2 aromatic heterocycles. The molecule has 0 fully saturated rings. The lowest BCUT2D eigenvalue weighted by atomic mass is 10.1. The Morgan fingerprint density at radius 3 is 2.19 bits per heavy atom. The topological polar surface area (TPSA) is 259 Å². The van der Waals surface area contributed by atoms with Crippen molar-refractivity contribution in [2.75, 3.05) is 25.5 Å². The Morgan fingerprint density at radius 1 is 1.16 bits per heavy atom. The van der Waals surface area contributed by atoms with Crippen LogP contribution in [0.2, 0.25) is 0 Å². The van der Waals surface area contributed by atoms with Crippen LogP contribution in [0.25, 0.3) is 11.2 Å². The number of imide groups is 1. The first-order chi connectivity index (χ1) is 15.2. The Labute approximate surface area is 187 Å². The molecule has 0 spiro atoms. The van der Waals surface area contributed by atoms with Crippen molar-refractivity contribution in [2.24, 2.45) is 11.5 Å². The van der Waals surface area contributed by atoms with Crippen molar-refractivity contribution in [2.45, 2.75) is 25.3 Å².